The molecule has 6 N–H and O–H groups in total. The maximum Gasteiger partial charge on any atom is 0.325 e. The van der Waals surface area contributed by atoms with Gasteiger partial charge in [0.25, 0.3) is 16.7 Å². The van der Waals surface area contributed by atoms with Crippen LogP contribution in [0.3, 0.4) is 0 Å². The third-order valence-electron chi connectivity index (χ3n) is 2.32. The Hall–Kier alpha value is -4.17. The summed E-state index contributed by atoms with van der Waals surface area (Å²) in [6.07, 6.45) is 2.13. The molecule has 3 heterocycles. The van der Waals surface area contributed by atoms with Gasteiger partial charge in [0, 0.05) is 18.6 Å². The van der Waals surface area contributed by atoms with E-state index in [2.05, 4.69) is 0 Å². The van der Waals surface area contributed by atoms with Crippen LogP contribution in [-0.4, -0.2) is 29.9 Å². The van der Waals surface area contributed by atoms with Gasteiger partial charge in [-0.05, 0) is 0 Å². The minimum absolute atomic E-state index is 0.707. The van der Waals surface area contributed by atoms with Gasteiger partial charge in [-0.2, -0.15) is 13.2 Å². The van der Waals surface area contributed by atoms with Crippen LogP contribution < -0.4 is 33.7 Å². The van der Waals surface area contributed by atoms with E-state index in [4.69, 9.17) is 0 Å². The van der Waals surface area contributed by atoms with Gasteiger partial charge in [-0.25, -0.2) is 14.4 Å². The Morgan fingerprint density at radius 2 is 0.704 bits per heavy atom. The van der Waals surface area contributed by atoms with Crippen molar-refractivity contribution in [3.8, 4) is 0 Å². The van der Waals surface area contributed by atoms with E-state index < -0.39 is 51.2 Å². The lowest BCUT2D eigenvalue weighted by Crippen LogP contribution is -2.23. The van der Waals surface area contributed by atoms with E-state index in [1.54, 1.807) is 15.0 Å². The molecule has 0 aromatic carbocycles. The zero-order valence-corrected chi connectivity index (χ0v) is 12.8. The molecule has 0 aliphatic heterocycles. The van der Waals surface area contributed by atoms with Crippen molar-refractivity contribution in [3.63, 3.8) is 0 Å². The summed E-state index contributed by atoms with van der Waals surface area (Å²) < 4.78 is 36.0. The molecule has 0 fully saturated rings. The summed E-state index contributed by atoms with van der Waals surface area (Å²) in [6, 6.07) is 0. The summed E-state index contributed by atoms with van der Waals surface area (Å²) in [5.41, 5.74) is -5.12. The van der Waals surface area contributed by atoms with E-state index in [9.17, 15) is 41.9 Å². The SMILES string of the molecule is O=c1[nH]cc(F)c(=O)[nH]1.O=c1[nH]cc(F)c(=O)[nH]1.O=c1[nH]cc(F)c(=O)[nH]1. The Balaban J connectivity index is 0.000000202. The molecule has 0 spiro atoms. The fraction of sp³-hybridized carbons (Fsp3) is 0. The first-order valence-electron chi connectivity index (χ1n) is 6.52. The van der Waals surface area contributed by atoms with Crippen LogP contribution in [-0.2, 0) is 0 Å². The van der Waals surface area contributed by atoms with Crippen LogP contribution in [0.1, 0.15) is 0 Å². The van der Waals surface area contributed by atoms with E-state index in [1.165, 1.54) is 0 Å². The summed E-state index contributed by atoms with van der Waals surface area (Å²) in [5.74, 6) is -2.97. The summed E-state index contributed by atoms with van der Waals surface area (Å²) in [6.45, 7) is 0. The van der Waals surface area contributed by atoms with Crippen molar-refractivity contribution in [2.45, 2.75) is 0 Å². The molecule has 0 amide bonds. The van der Waals surface area contributed by atoms with E-state index in [0.717, 1.165) is 0 Å². The molecule has 0 aliphatic rings. The maximum atomic E-state index is 12.0. The number of H-pyrrole nitrogens is 6. The van der Waals surface area contributed by atoms with E-state index >= 15 is 0 Å². The number of nitrogens with one attached hydrogen (secondary N) is 6. The largest absolute Gasteiger partial charge is 0.325 e. The van der Waals surface area contributed by atoms with Gasteiger partial charge >= 0.3 is 17.1 Å². The highest BCUT2D eigenvalue weighted by Crippen LogP contribution is 1.75. The zero-order chi connectivity index (χ0) is 20.6. The Morgan fingerprint density at radius 1 is 0.481 bits per heavy atom. The summed E-state index contributed by atoms with van der Waals surface area (Å²) >= 11 is 0. The summed E-state index contributed by atoms with van der Waals surface area (Å²) in [4.78, 5) is 72.0. The fourth-order valence-electron chi connectivity index (χ4n) is 1.18. The minimum atomic E-state index is -1.00. The molecule has 3 aromatic rings. The van der Waals surface area contributed by atoms with E-state index in [0.29, 0.717) is 18.6 Å². The van der Waals surface area contributed by atoms with Crippen molar-refractivity contribution in [1.29, 1.82) is 0 Å². The van der Waals surface area contributed by atoms with Crippen molar-refractivity contribution < 1.29 is 13.2 Å². The molecule has 0 saturated carbocycles. The molecular formula is C12H9F3N6O6. The van der Waals surface area contributed by atoms with Crippen molar-refractivity contribution in [1.82, 2.24) is 29.9 Å². The lowest BCUT2D eigenvalue weighted by atomic mass is 10.6. The van der Waals surface area contributed by atoms with Gasteiger partial charge in [0.05, 0.1) is 0 Å². The van der Waals surface area contributed by atoms with Gasteiger partial charge in [-0.15, -0.1) is 0 Å². The number of hydrogen-bond donors (Lipinski definition) is 6. The van der Waals surface area contributed by atoms with Crippen LogP contribution in [0.25, 0.3) is 0 Å². The third kappa shape index (κ3) is 7.08. The van der Waals surface area contributed by atoms with E-state index in [-0.39, 0.29) is 0 Å². The molecule has 27 heavy (non-hydrogen) atoms. The molecule has 3 rings (SSSR count). The van der Waals surface area contributed by atoms with Crippen LogP contribution in [0.15, 0.2) is 47.4 Å². The molecule has 0 radical (unpaired) electrons. The van der Waals surface area contributed by atoms with Gasteiger partial charge in [0.1, 0.15) is 0 Å². The fourth-order valence-corrected chi connectivity index (χ4v) is 1.18. The van der Waals surface area contributed by atoms with Crippen LogP contribution in [0.5, 0.6) is 0 Å². The van der Waals surface area contributed by atoms with Gasteiger partial charge in [-0.3, -0.25) is 29.3 Å². The third-order valence-corrected chi connectivity index (χ3v) is 2.32. The van der Waals surface area contributed by atoms with Crippen molar-refractivity contribution in [2.24, 2.45) is 0 Å². The first-order chi connectivity index (χ1) is 12.6. The Labute approximate surface area is 142 Å². The monoisotopic (exact) mass is 390 g/mol. The minimum Gasteiger partial charge on any atom is -0.311 e. The number of aromatic nitrogens is 6. The number of halogens is 3. The van der Waals surface area contributed by atoms with Gasteiger partial charge in [-0.1, -0.05) is 0 Å². The second-order valence-corrected chi connectivity index (χ2v) is 4.26. The standard InChI is InChI=1S/3C4H3FN2O2/c3*5-2-1-6-4(9)7-3(2)8/h3*1H,(H2,6,7,8,9). The van der Waals surface area contributed by atoms with Gasteiger partial charge in [0.2, 0.25) is 17.5 Å². The van der Waals surface area contributed by atoms with Crippen LogP contribution in [0.4, 0.5) is 13.2 Å². The smallest absolute Gasteiger partial charge is 0.311 e. The maximum absolute atomic E-state index is 12.0. The highest BCUT2D eigenvalue weighted by Gasteiger charge is 1.95. The lowest BCUT2D eigenvalue weighted by molar-refractivity contribution is 0.596. The predicted octanol–water partition coefficient (Wildman–Crippen LogP) is -2.39. The predicted molar refractivity (Wildman–Crippen MR) is 82.9 cm³/mol. The molecule has 144 valence electrons. The van der Waals surface area contributed by atoms with Gasteiger partial charge in [0.15, 0.2) is 0 Å². The van der Waals surface area contributed by atoms with Crippen LogP contribution >= 0.6 is 0 Å². The quantitative estimate of drug-likeness (QED) is 0.247. The molecule has 15 heteroatoms. The number of aromatic amines is 6. The molecule has 3 aromatic heterocycles. The first-order valence-corrected chi connectivity index (χ1v) is 6.52. The average molecular weight is 390 g/mol. The molecule has 12 nitrogen and oxygen atoms in total. The van der Waals surface area contributed by atoms with E-state index in [1.807, 2.05) is 15.0 Å². The second-order valence-electron chi connectivity index (χ2n) is 4.26. The van der Waals surface area contributed by atoms with Crippen molar-refractivity contribution in [2.75, 3.05) is 0 Å². The van der Waals surface area contributed by atoms with Crippen LogP contribution in [0.2, 0.25) is 0 Å². The van der Waals surface area contributed by atoms with Crippen LogP contribution in [0, 0.1) is 17.5 Å². The Kier molecular flexibility index (Phi) is 7.23. The van der Waals surface area contributed by atoms with Crippen molar-refractivity contribution >= 4 is 0 Å². The Bertz CT molecular complexity index is 1090. The Morgan fingerprint density at radius 3 is 0.852 bits per heavy atom. The number of rotatable bonds is 0. The number of hydrogen-bond acceptors (Lipinski definition) is 6. The highest BCUT2D eigenvalue weighted by molar-refractivity contribution is 4.84. The molecule has 0 aliphatic carbocycles. The second kappa shape index (κ2) is 9.35. The highest BCUT2D eigenvalue weighted by atomic mass is 19.1. The molecule has 0 saturated heterocycles. The zero-order valence-electron chi connectivity index (χ0n) is 12.8. The lowest BCUT2D eigenvalue weighted by Gasteiger charge is -1.81. The molecule has 0 atom stereocenters. The molecular weight excluding hydrogens is 381 g/mol. The molecule has 0 unspecified atom stereocenters. The first kappa shape index (κ1) is 20.9. The summed E-state index contributed by atoms with van der Waals surface area (Å²) in [5, 5.41) is 0. The van der Waals surface area contributed by atoms with Crippen molar-refractivity contribution in [3.05, 3.63) is 98.6 Å². The molecule has 0 bridgehead atoms. The summed E-state index contributed by atoms with van der Waals surface area (Å²) in [7, 11) is 0. The topological polar surface area (TPSA) is 197 Å². The van der Waals surface area contributed by atoms with Gasteiger partial charge < -0.3 is 15.0 Å². The normalized spacial score (nSPS) is 9.44. The average Bonchev–Trinajstić information content (AvgIpc) is 2.60.